The first-order valence-corrected chi connectivity index (χ1v) is 5.20. The third-order valence-corrected chi connectivity index (χ3v) is 2.36. The number of ether oxygens (including phenoxy) is 2. The van der Waals surface area contributed by atoms with Crippen molar-refractivity contribution >= 4 is 5.97 Å². The number of aliphatic hydroxyl groups is 1. The van der Waals surface area contributed by atoms with Gasteiger partial charge in [-0.25, -0.2) is 9.18 Å². The van der Waals surface area contributed by atoms with E-state index in [1.54, 1.807) is 13.8 Å². The van der Waals surface area contributed by atoms with E-state index in [4.69, 9.17) is 4.74 Å². The molecule has 1 N–H and O–H groups in total. The van der Waals surface area contributed by atoms with Crippen molar-refractivity contribution in [3.63, 3.8) is 0 Å². The van der Waals surface area contributed by atoms with Crippen molar-refractivity contribution in [2.45, 2.75) is 20.0 Å². The fraction of sp³-hybridized carbons (Fsp3) is 0.417. The Labute approximate surface area is 99.0 Å². The average Bonchev–Trinajstić information content (AvgIpc) is 2.31. The van der Waals surface area contributed by atoms with Gasteiger partial charge in [-0.2, -0.15) is 0 Å². The van der Waals surface area contributed by atoms with Crippen LogP contribution in [0.4, 0.5) is 4.39 Å². The molecule has 17 heavy (non-hydrogen) atoms. The first-order valence-electron chi connectivity index (χ1n) is 5.20. The summed E-state index contributed by atoms with van der Waals surface area (Å²) in [7, 11) is 1.39. The van der Waals surface area contributed by atoms with E-state index in [1.807, 2.05) is 0 Å². The zero-order chi connectivity index (χ0) is 13.0. The molecule has 0 bridgehead atoms. The van der Waals surface area contributed by atoms with E-state index in [1.165, 1.54) is 13.2 Å². The lowest BCUT2D eigenvalue weighted by Crippen LogP contribution is -2.15. The van der Waals surface area contributed by atoms with Crippen LogP contribution in [0.1, 0.15) is 24.2 Å². The SMILES string of the molecule is CCOC(=O)C(O)c1cc(F)c(C)c(OC)c1. The second-order valence-electron chi connectivity index (χ2n) is 3.48. The molecule has 5 heteroatoms. The van der Waals surface area contributed by atoms with E-state index >= 15 is 0 Å². The molecule has 1 atom stereocenters. The lowest BCUT2D eigenvalue weighted by Gasteiger charge is -2.13. The van der Waals surface area contributed by atoms with E-state index in [9.17, 15) is 14.3 Å². The third-order valence-electron chi connectivity index (χ3n) is 2.36. The molecule has 0 saturated heterocycles. The van der Waals surface area contributed by atoms with Gasteiger partial charge in [0.05, 0.1) is 13.7 Å². The maximum absolute atomic E-state index is 13.5. The Hall–Kier alpha value is -1.62. The molecule has 0 spiro atoms. The Morgan fingerprint density at radius 3 is 2.71 bits per heavy atom. The smallest absolute Gasteiger partial charge is 0.339 e. The maximum atomic E-state index is 13.5. The minimum atomic E-state index is -1.50. The molecule has 0 aliphatic carbocycles. The van der Waals surface area contributed by atoms with Crippen LogP contribution < -0.4 is 4.74 Å². The Morgan fingerprint density at radius 2 is 2.18 bits per heavy atom. The van der Waals surface area contributed by atoms with Crippen molar-refractivity contribution in [3.05, 3.63) is 29.1 Å². The second-order valence-corrected chi connectivity index (χ2v) is 3.48. The molecule has 0 aliphatic heterocycles. The van der Waals surface area contributed by atoms with Crippen molar-refractivity contribution in [1.82, 2.24) is 0 Å². The lowest BCUT2D eigenvalue weighted by atomic mass is 10.1. The number of benzene rings is 1. The molecule has 0 heterocycles. The number of carbonyl (C=O) groups excluding carboxylic acids is 1. The summed E-state index contributed by atoms with van der Waals surface area (Å²) in [6, 6.07) is 2.51. The summed E-state index contributed by atoms with van der Waals surface area (Å²) < 4.78 is 23.1. The summed E-state index contributed by atoms with van der Waals surface area (Å²) in [5.74, 6) is -1.07. The standard InChI is InChI=1S/C12H15FO4/c1-4-17-12(15)11(14)8-5-9(13)7(2)10(6-8)16-3/h5-6,11,14H,4H2,1-3H3. The molecule has 1 rings (SSSR count). The Morgan fingerprint density at radius 1 is 1.53 bits per heavy atom. The van der Waals surface area contributed by atoms with Gasteiger partial charge in [0.25, 0.3) is 0 Å². The molecule has 0 saturated carbocycles. The molecule has 0 aromatic heterocycles. The van der Waals surface area contributed by atoms with Crippen LogP contribution >= 0.6 is 0 Å². The van der Waals surface area contributed by atoms with Gasteiger partial charge >= 0.3 is 5.97 Å². The third kappa shape index (κ3) is 2.94. The van der Waals surface area contributed by atoms with Crippen LogP contribution in [0.2, 0.25) is 0 Å². The molecule has 1 aromatic carbocycles. The van der Waals surface area contributed by atoms with E-state index in [0.29, 0.717) is 5.56 Å². The number of carbonyl (C=O) groups is 1. The number of hydrogen-bond acceptors (Lipinski definition) is 4. The fourth-order valence-electron chi connectivity index (χ4n) is 1.40. The topological polar surface area (TPSA) is 55.8 Å². The van der Waals surface area contributed by atoms with Crippen molar-refractivity contribution in [3.8, 4) is 5.75 Å². The zero-order valence-electron chi connectivity index (χ0n) is 9.99. The van der Waals surface area contributed by atoms with Crippen LogP contribution in [-0.2, 0) is 9.53 Å². The zero-order valence-corrected chi connectivity index (χ0v) is 9.99. The monoisotopic (exact) mass is 242 g/mol. The highest BCUT2D eigenvalue weighted by Crippen LogP contribution is 2.26. The highest BCUT2D eigenvalue weighted by molar-refractivity contribution is 5.76. The lowest BCUT2D eigenvalue weighted by molar-refractivity contribution is -0.153. The summed E-state index contributed by atoms with van der Waals surface area (Å²) in [6.07, 6.45) is -1.50. The minimum absolute atomic E-state index is 0.114. The molecule has 0 amide bonds. The largest absolute Gasteiger partial charge is 0.496 e. The molecule has 0 aliphatic rings. The minimum Gasteiger partial charge on any atom is -0.496 e. The number of esters is 1. The number of methoxy groups -OCH3 is 1. The highest BCUT2D eigenvalue weighted by Gasteiger charge is 2.21. The van der Waals surface area contributed by atoms with Gasteiger partial charge in [-0.1, -0.05) is 0 Å². The molecular formula is C12H15FO4. The van der Waals surface area contributed by atoms with Gasteiger partial charge in [-0.05, 0) is 31.5 Å². The summed E-state index contributed by atoms with van der Waals surface area (Å²) in [5.41, 5.74) is 0.440. The molecule has 1 unspecified atom stereocenters. The fourth-order valence-corrected chi connectivity index (χ4v) is 1.40. The van der Waals surface area contributed by atoms with Gasteiger partial charge in [-0.15, -0.1) is 0 Å². The first-order chi connectivity index (χ1) is 8.01. The molecule has 1 aromatic rings. The van der Waals surface area contributed by atoms with Crippen LogP contribution in [0, 0.1) is 12.7 Å². The molecule has 4 nitrogen and oxygen atoms in total. The van der Waals surface area contributed by atoms with Gasteiger partial charge in [0.15, 0.2) is 6.10 Å². The normalized spacial score (nSPS) is 12.1. The van der Waals surface area contributed by atoms with Crippen molar-refractivity contribution in [2.24, 2.45) is 0 Å². The van der Waals surface area contributed by atoms with Crippen LogP contribution in [0.25, 0.3) is 0 Å². The van der Waals surface area contributed by atoms with Gasteiger partial charge in [0, 0.05) is 5.56 Å². The summed E-state index contributed by atoms with van der Waals surface area (Å²) in [5, 5.41) is 9.66. The van der Waals surface area contributed by atoms with E-state index in [2.05, 4.69) is 4.74 Å². The van der Waals surface area contributed by atoms with Gasteiger partial charge < -0.3 is 14.6 Å². The van der Waals surface area contributed by atoms with Crippen LogP contribution in [0.15, 0.2) is 12.1 Å². The predicted molar refractivity (Wildman–Crippen MR) is 59.3 cm³/mol. The number of hydrogen-bond donors (Lipinski definition) is 1. The summed E-state index contributed by atoms with van der Waals surface area (Å²) in [4.78, 5) is 11.3. The molecule has 94 valence electrons. The van der Waals surface area contributed by atoms with E-state index < -0.39 is 17.9 Å². The summed E-state index contributed by atoms with van der Waals surface area (Å²) in [6.45, 7) is 3.33. The number of aliphatic hydroxyl groups excluding tert-OH is 1. The van der Waals surface area contributed by atoms with Crippen molar-refractivity contribution in [1.29, 1.82) is 0 Å². The molecular weight excluding hydrogens is 227 g/mol. The predicted octanol–water partition coefficient (Wildman–Crippen LogP) is 1.74. The average molecular weight is 242 g/mol. The van der Waals surface area contributed by atoms with Crippen molar-refractivity contribution in [2.75, 3.05) is 13.7 Å². The van der Waals surface area contributed by atoms with E-state index in [0.717, 1.165) is 6.07 Å². The van der Waals surface area contributed by atoms with Crippen LogP contribution in [-0.4, -0.2) is 24.8 Å². The second kappa shape index (κ2) is 5.63. The highest BCUT2D eigenvalue weighted by atomic mass is 19.1. The van der Waals surface area contributed by atoms with Crippen molar-refractivity contribution < 1.29 is 23.8 Å². The Bertz CT molecular complexity index is 417. The number of halogens is 1. The molecule has 0 fully saturated rings. The quantitative estimate of drug-likeness (QED) is 0.817. The maximum Gasteiger partial charge on any atom is 0.339 e. The van der Waals surface area contributed by atoms with Gasteiger partial charge in [0.1, 0.15) is 11.6 Å². The Kier molecular flexibility index (Phi) is 4.45. The van der Waals surface area contributed by atoms with E-state index in [-0.39, 0.29) is 17.9 Å². The summed E-state index contributed by atoms with van der Waals surface area (Å²) >= 11 is 0. The van der Waals surface area contributed by atoms with Crippen LogP contribution in [0.3, 0.4) is 0 Å². The number of rotatable bonds is 4. The first kappa shape index (κ1) is 13.4. The Balaban J connectivity index is 3.06. The van der Waals surface area contributed by atoms with Gasteiger partial charge in [0.2, 0.25) is 0 Å². The van der Waals surface area contributed by atoms with Crippen LogP contribution in [0.5, 0.6) is 5.75 Å². The molecule has 0 radical (unpaired) electrons. The van der Waals surface area contributed by atoms with Gasteiger partial charge in [-0.3, -0.25) is 0 Å².